The van der Waals surface area contributed by atoms with Crippen LogP contribution in [-0.2, 0) is 0 Å². The van der Waals surface area contributed by atoms with Gasteiger partial charge in [-0.1, -0.05) is 22.9 Å². The van der Waals surface area contributed by atoms with E-state index < -0.39 is 5.60 Å². The standard InChI is InChI=1S/C17H21ClN4OS2/c18-11-1-2-12-13(7-11)25-15(21-12)22-14(24)20-9-17(23)8-16(19)5-3-10(17)4-6-16/h1-2,7,10,23H,3-6,8-9,19H2,(H2,20,21,22,24). The molecule has 1 atom stereocenters. The topological polar surface area (TPSA) is 83.2 Å². The van der Waals surface area contributed by atoms with Crippen LogP contribution in [0.2, 0.25) is 5.02 Å². The predicted molar refractivity (Wildman–Crippen MR) is 107 cm³/mol. The van der Waals surface area contributed by atoms with E-state index in [9.17, 15) is 5.11 Å². The number of thiazole rings is 1. The minimum Gasteiger partial charge on any atom is -0.388 e. The highest BCUT2D eigenvalue weighted by molar-refractivity contribution is 7.80. The van der Waals surface area contributed by atoms with Crippen LogP contribution in [0.1, 0.15) is 32.1 Å². The molecule has 5 rings (SSSR count). The number of halogens is 1. The summed E-state index contributed by atoms with van der Waals surface area (Å²) in [4.78, 5) is 4.49. The van der Waals surface area contributed by atoms with E-state index in [1.807, 2.05) is 18.2 Å². The third kappa shape index (κ3) is 3.48. The van der Waals surface area contributed by atoms with Crippen LogP contribution in [0.4, 0.5) is 5.13 Å². The maximum atomic E-state index is 11.0. The van der Waals surface area contributed by atoms with Gasteiger partial charge in [0.05, 0.1) is 15.8 Å². The molecule has 3 aliphatic rings. The fourth-order valence-corrected chi connectivity index (χ4v) is 5.57. The van der Waals surface area contributed by atoms with Crippen molar-refractivity contribution in [2.45, 2.75) is 43.2 Å². The molecule has 1 aromatic heterocycles. The second kappa shape index (κ2) is 6.32. The SMILES string of the molecule is NC12CCC(CC1)C(O)(CNC(=S)Nc1nc3ccc(Cl)cc3s1)C2. The highest BCUT2D eigenvalue weighted by atomic mass is 35.5. The first-order valence-electron chi connectivity index (χ1n) is 8.48. The second-order valence-corrected chi connectivity index (χ2v) is 9.23. The smallest absolute Gasteiger partial charge is 0.190 e. The molecule has 8 heteroatoms. The number of nitrogens with one attached hydrogen (secondary N) is 2. The van der Waals surface area contributed by atoms with Crippen LogP contribution in [0.15, 0.2) is 18.2 Å². The number of fused-ring (bicyclic) bond motifs is 4. The Balaban J connectivity index is 1.39. The number of anilines is 1. The van der Waals surface area contributed by atoms with Gasteiger partial charge in [0.1, 0.15) is 0 Å². The van der Waals surface area contributed by atoms with Gasteiger partial charge in [0.15, 0.2) is 10.2 Å². The third-order valence-corrected chi connectivity index (χ3v) is 6.94. The molecule has 1 unspecified atom stereocenters. The van der Waals surface area contributed by atoms with Crippen molar-refractivity contribution in [1.29, 1.82) is 0 Å². The molecule has 1 heterocycles. The normalized spacial score (nSPS) is 31.2. The van der Waals surface area contributed by atoms with Gasteiger partial charge >= 0.3 is 0 Å². The summed E-state index contributed by atoms with van der Waals surface area (Å²) in [7, 11) is 0. The molecule has 2 bridgehead atoms. The Hall–Kier alpha value is -0.990. The summed E-state index contributed by atoms with van der Waals surface area (Å²) in [5.74, 6) is 0.304. The number of aromatic nitrogens is 1. The maximum Gasteiger partial charge on any atom is 0.190 e. The molecule has 2 aromatic rings. The van der Waals surface area contributed by atoms with Crippen LogP contribution in [0.25, 0.3) is 10.2 Å². The van der Waals surface area contributed by atoms with Crippen LogP contribution in [-0.4, -0.2) is 32.9 Å². The molecule has 134 valence electrons. The first-order valence-corrected chi connectivity index (χ1v) is 10.1. The number of benzene rings is 1. The molecule has 3 fully saturated rings. The van der Waals surface area contributed by atoms with Gasteiger partial charge in [-0.25, -0.2) is 4.98 Å². The number of thiocarbonyl (C=S) groups is 1. The highest BCUT2D eigenvalue weighted by Crippen LogP contribution is 2.48. The molecule has 5 nitrogen and oxygen atoms in total. The Morgan fingerprint density at radius 3 is 2.92 bits per heavy atom. The summed E-state index contributed by atoms with van der Waals surface area (Å²) in [5, 5.41) is 19.1. The largest absolute Gasteiger partial charge is 0.388 e. The van der Waals surface area contributed by atoms with Crippen molar-refractivity contribution >= 4 is 55.6 Å². The molecular weight excluding hydrogens is 376 g/mol. The van der Waals surface area contributed by atoms with E-state index in [2.05, 4.69) is 15.6 Å². The van der Waals surface area contributed by atoms with Crippen LogP contribution in [0, 0.1) is 5.92 Å². The summed E-state index contributed by atoms with van der Waals surface area (Å²) < 4.78 is 1.01. The van der Waals surface area contributed by atoms with E-state index in [0.29, 0.717) is 34.2 Å². The molecule has 5 N–H and O–H groups in total. The van der Waals surface area contributed by atoms with Crippen LogP contribution >= 0.6 is 35.2 Å². The van der Waals surface area contributed by atoms with E-state index in [1.165, 1.54) is 11.3 Å². The Kier molecular flexibility index (Phi) is 4.40. The maximum absolute atomic E-state index is 11.0. The van der Waals surface area contributed by atoms with Gasteiger partial charge in [-0.2, -0.15) is 0 Å². The van der Waals surface area contributed by atoms with Crippen molar-refractivity contribution in [2.24, 2.45) is 11.7 Å². The molecule has 0 saturated heterocycles. The Labute approximate surface area is 161 Å². The van der Waals surface area contributed by atoms with Crippen molar-refractivity contribution in [3.05, 3.63) is 23.2 Å². The third-order valence-electron chi connectivity index (χ3n) is 5.53. The number of nitrogens with two attached hydrogens (primary N) is 1. The van der Waals surface area contributed by atoms with Crippen LogP contribution in [0.3, 0.4) is 0 Å². The van der Waals surface area contributed by atoms with Gasteiger partial charge in [0.25, 0.3) is 0 Å². The zero-order valence-electron chi connectivity index (χ0n) is 13.7. The number of rotatable bonds is 3. The van der Waals surface area contributed by atoms with Crippen molar-refractivity contribution < 1.29 is 5.11 Å². The van der Waals surface area contributed by atoms with Gasteiger partial charge in [0, 0.05) is 17.1 Å². The van der Waals surface area contributed by atoms with Gasteiger partial charge in [-0.05, 0) is 68.4 Å². The second-order valence-electron chi connectivity index (χ2n) is 7.36. The predicted octanol–water partition coefficient (Wildman–Crippen LogP) is 3.26. The minimum absolute atomic E-state index is 0.216. The Morgan fingerprint density at radius 1 is 1.44 bits per heavy atom. The molecule has 0 spiro atoms. The number of hydrogen-bond donors (Lipinski definition) is 4. The molecule has 25 heavy (non-hydrogen) atoms. The quantitative estimate of drug-likeness (QED) is 0.596. The highest BCUT2D eigenvalue weighted by Gasteiger charge is 2.51. The zero-order valence-corrected chi connectivity index (χ0v) is 16.1. The van der Waals surface area contributed by atoms with Crippen molar-refractivity contribution in [2.75, 3.05) is 11.9 Å². The van der Waals surface area contributed by atoms with Crippen molar-refractivity contribution in [3.8, 4) is 0 Å². The molecular formula is C17H21ClN4OS2. The van der Waals surface area contributed by atoms with Gasteiger partial charge in [0.2, 0.25) is 0 Å². The fourth-order valence-electron chi connectivity index (χ4n) is 4.19. The molecule has 0 aliphatic heterocycles. The summed E-state index contributed by atoms with van der Waals surface area (Å²) >= 11 is 12.9. The van der Waals surface area contributed by atoms with Gasteiger partial charge in [-0.15, -0.1) is 0 Å². The number of aliphatic hydroxyl groups is 1. The lowest BCUT2D eigenvalue weighted by atomic mass is 9.58. The minimum atomic E-state index is -0.780. The molecule has 0 amide bonds. The van der Waals surface area contributed by atoms with Crippen molar-refractivity contribution in [3.63, 3.8) is 0 Å². The number of hydrogen-bond acceptors (Lipinski definition) is 5. The summed E-state index contributed by atoms with van der Waals surface area (Å²) in [6.45, 7) is 0.416. The zero-order chi connectivity index (χ0) is 17.7. The Morgan fingerprint density at radius 2 is 2.20 bits per heavy atom. The van der Waals surface area contributed by atoms with E-state index in [-0.39, 0.29) is 5.54 Å². The van der Waals surface area contributed by atoms with Crippen LogP contribution in [0.5, 0.6) is 0 Å². The molecule has 3 saturated carbocycles. The summed E-state index contributed by atoms with van der Waals surface area (Å²) in [6, 6.07) is 5.59. The number of nitrogens with zero attached hydrogens (tertiary/aromatic N) is 1. The molecule has 1 aromatic carbocycles. The lowest BCUT2D eigenvalue weighted by molar-refractivity contribution is -0.101. The lowest BCUT2D eigenvalue weighted by Gasteiger charge is -2.53. The average molecular weight is 397 g/mol. The van der Waals surface area contributed by atoms with E-state index in [1.54, 1.807) is 0 Å². The fraction of sp³-hybridized carbons (Fsp3) is 0.529. The van der Waals surface area contributed by atoms with Gasteiger partial charge in [-0.3, -0.25) is 0 Å². The molecule has 0 radical (unpaired) electrons. The van der Waals surface area contributed by atoms with E-state index in [4.69, 9.17) is 29.6 Å². The molecule has 3 aliphatic carbocycles. The van der Waals surface area contributed by atoms with E-state index in [0.717, 1.165) is 35.9 Å². The first-order chi connectivity index (χ1) is 11.9. The van der Waals surface area contributed by atoms with Crippen LogP contribution < -0.4 is 16.4 Å². The summed E-state index contributed by atoms with van der Waals surface area (Å²) in [5.41, 5.74) is 6.29. The van der Waals surface area contributed by atoms with Gasteiger partial charge < -0.3 is 21.5 Å². The lowest BCUT2D eigenvalue weighted by Crippen LogP contribution is -2.63. The average Bonchev–Trinajstić information content (AvgIpc) is 2.94. The van der Waals surface area contributed by atoms with E-state index >= 15 is 0 Å². The monoisotopic (exact) mass is 396 g/mol. The Bertz CT molecular complexity index is 818. The first kappa shape index (κ1) is 17.4. The summed E-state index contributed by atoms with van der Waals surface area (Å²) in [6.07, 6.45) is 4.65. The van der Waals surface area contributed by atoms with Crippen molar-refractivity contribution in [1.82, 2.24) is 10.3 Å².